The van der Waals surface area contributed by atoms with E-state index in [1.165, 1.54) is 12.8 Å². The van der Waals surface area contributed by atoms with Gasteiger partial charge in [-0.25, -0.2) is 0 Å². The van der Waals surface area contributed by atoms with Crippen LogP contribution in [0.1, 0.15) is 71.6 Å². The van der Waals surface area contributed by atoms with Crippen molar-refractivity contribution < 1.29 is 4.79 Å². The molecule has 0 aromatic rings. The van der Waals surface area contributed by atoms with Gasteiger partial charge in [0.25, 0.3) is 0 Å². The number of rotatable bonds is 4. The van der Waals surface area contributed by atoms with Gasteiger partial charge in [0.15, 0.2) is 0 Å². The average Bonchev–Trinajstić information content (AvgIpc) is 2.87. The fourth-order valence-electron chi connectivity index (χ4n) is 4.37. The Balaban J connectivity index is 2.03. The smallest absolute Gasteiger partial charge is 0.228 e. The molecule has 2 rings (SSSR count). The summed E-state index contributed by atoms with van der Waals surface area (Å²) in [6.45, 7) is 4.49. The Kier molecular flexibility index (Phi) is 5.11. The molecule has 2 aliphatic rings. The van der Waals surface area contributed by atoms with Gasteiger partial charge in [0, 0.05) is 24.5 Å². The van der Waals surface area contributed by atoms with Crippen molar-refractivity contribution in [1.29, 1.82) is 0 Å². The average molecular weight is 280 g/mol. The predicted molar refractivity (Wildman–Crippen MR) is 83.4 cm³/mol. The molecule has 0 atom stereocenters. The summed E-state index contributed by atoms with van der Waals surface area (Å²) < 4.78 is 0. The summed E-state index contributed by atoms with van der Waals surface area (Å²) in [6, 6.07) is 0.776. The van der Waals surface area contributed by atoms with Crippen molar-refractivity contribution in [3.63, 3.8) is 0 Å². The molecule has 0 spiro atoms. The Morgan fingerprint density at radius 3 is 2.25 bits per heavy atom. The van der Waals surface area contributed by atoms with Gasteiger partial charge < -0.3 is 10.6 Å². The molecule has 2 fully saturated rings. The molecule has 0 unspecified atom stereocenters. The molecule has 1 amide bonds. The van der Waals surface area contributed by atoms with Gasteiger partial charge in [-0.1, -0.05) is 26.7 Å². The number of nitrogens with zero attached hydrogens (tertiary/aromatic N) is 1. The number of nitrogens with two attached hydrogens (primary N) is 1. The van der Waals surface area contributed by atoms with E-state index in [-0.39, 0.29) is 5.41 Å². The molecular formula is C17H32N2O. The minimum atomic E-state index is -0.0531. The summed E-state index contributed by atoms with van der Waals surface area (Å²) in [4.78, 5) is 15.2. The van der Waals surface area contributed by atoms with Crippen molar-refractivity contribution in [2.45, 2.75) is 83.7 Å². The van der Waals surface area contributed by atoms with Gasteiger partial charge in [0.2, 0.25) is 5.91 Å². The highest BCUT2D eigenvalue weighted by molar-refractivity contribution is 5.83. The standard InChI is InChI=1S/C17H32N2O/c1-13(2)12-17(10-4-5-11-17)16(20)19(3)15-8-6-14(18)7-9-15/h13-15H,4-12,18H2,1-3H3. The first-order valence-corrected chi connectivity index (χ1v) is 8.47. The number of carbonyl (C=O) groups excluding carboxylic acids is 1. The number of hydrogen-bond donors (Lipinski definition) is 1. The SMILES string of the molecule is CC(C)CC1(C(=O)N(C)C2CCC(N)CC2)CCCC1. The van der Waals surface area contributed by atoms with E-state index in [4.69, 9.17) is 5.73 Å². The zero-order valence-electron chi connectivity index (χ0n) is 13.5. The summed E-state index contributed by atoms with van der Waals surface area (Å²) in [7, 11) is 2.03. The van der Waals surface area contributed by atoms with Crippen molar-refractivity contribution in [2.75, 3.05) is 7.05 Å². The molecule has 20 heavy (non-hydrogen) atoms. The van der Waals surface area contributed by atoms with Crippen LogP contribution in [0.3, 0.4) is 0 Å². The van der Waals surface area contributed by atoms with Crippen LogP contribution < -0.4 is 5.73 Å². The molecule has 2 N–H and O–H groups in total. The highest BCUT2D eigenvalue weighted by Crippen LogP contribution is 2.45. The number of carbonyl (C=O) groups is 1. The van der Waals surface area contributed by atoms with Crippen molar-refractivity contribution in [3.05, 3.63) is 0 Å². The number of hydrogen-bond acceptors (Lipinski definition) is 2. The van der Waals surface area contributed by atoms with E-state index in [0.717, 1.165) is 44.9 Å². The van der Waals surface area contributed by atoms with Crippen LogP contribution in [-0.4, -0.2) is 29.9 Å². The summed E-state index contributed by atoms with van der Waals surface area (Å²) in [5.41, 5.74) is 5.93. The van der Waals surface area contributed by atoms with Gasteiger partial charge in [-0.05, 0) is 50.9 Å². The summed E-state index contributed by atoms with van der Waals surface area (Å²) >= 11 is 0. The Hall–Kier alpha value is -0.570. The largest absolute Gasteiger partial charge is 0.342 e. The molecule has 0 aliphatic heterocycles. The van der Waals surface area contributed by atoms with Crippen LogP contribution in [0, 0.1) is 11.3 Å². The van der Waals surface area contributed by atoms with Gasteiger partial charge in [-0.3, -0.25) is 4.79 Å². The second-order valence-corrected chi connectivity index (χ2v) is 7.57. The second-order valence-electron chi connectivity index (χ2n) is 7.57. The van der Waals surface area contributed by atoms with Crippen LogP contribution in [0.5, 0.6) is 0 Å². The predicted octanol–water partition coefficient (Wildman–Crippen LogP) is 3.32. The molecule has 0 heterocycles. The van der Waals surface area contributed by atoms with E-state index < -0.39 is 0 Å². The second kappa shape index (κ2) is 6.46. The molecule has 2 aliphatic carbocycles. The van der Waals surface area contributed by atoms with E-state index in [0.29, 0.717) is 23.9 Å². The minimum absolute atomic E-state index is 0.0531. The lowest BCUT2D eigenvalue weighted by atomic mass is 9.76. The Morgan fingerprint density at radius 2 is 1.75 bits per heavy atom. The van der Waals surface area contributed by atoms with E-state index >= 15 is 0 Å². The van der Waals surface area contributed by atoms with E-state index in [9.17, 15) is 4.79 Å². The third-order valence-electron chi connectivity index (χ3n) is 5.42. The quantitative estimate of drug-likeness (QED) is 0.858. The van der Waals surface area contributed by atoms with Gasteiger partial charge in [0.1, 0.15) is 0 Å². The summed E-state index contributed by atoms with van der Waals surface area (Å²) in [6.07, 6.45) is 10.0. The van der Waals surface area contributed by atoms with Crippen LogP contribution in [0.15, 0.2) is 0 Å². The monoisotopic (exact) mass is 280 g/mol. The Bertz CT molecular complexity index is 326. The van der Waals surface area contributed by atoms with Gasteiger partial charge in [-0.2, -0.15) is 0 Å². The van der Waals surface area contributed by atoms with Crippen molar-refractivity contribution in [3.8, 4) is 0 Å². The molecule has 3 heteroatoms. The first-order chi connectivity index (χ1) is 9.44. The lowest BCUT2D eigenvalue weighted by Crippen LogP contribution is -2.48. The zero-order valence-corrected chi connectivity index (χ0v) is 13.5. The first-order valence-electron chi connectivity index (χ1n) is 8.47. The van der Waals surface area contributed by atoms with Crippen LogP contribution >= 0.6 is 0 Å². The highest BCUT2D eigenvalue weighted by Gasteiger charge is 2.44. The van der Waals surface area contributed by atoms with Crippen LogP contribution in [-0.2, 0) is 4.79 Å². The zero-order chi connectivity index (χ0) is 14.8. The first kappa shape index (κ1) is 15.8. The maximum absolute atomic E-state index is 13.1. The third kappa shape index (κ3) is 3.36. The van der Waals surface area contributed by atoms with Gasteiger partial charge in [0.05, 0.1) is 0 Å². The van der Waals surface area contributed by atoms with Crippen molar-refractivity contribution in [2.24, 2.45) is 17.1 Å². The molecule has 0 aromatic carbocycles. The van der Waals surface area contributed by atoms with Crippen molar-refractivity contribution >= 4 is 5.91 Å². The molecule has 116 valence electrons. The lowest BCUT2D eigenvalue weighted by Gasteiger charge is -2.40. The topological polar surface area (TPSA) is 46.3 Å². The molecule has 2 saturated carbocycles. The number of amides is 1. The molecule has 0 bridgehead atoms. The molecule has 3 nitrogen and oxygen atoms in total. The molecule has 0 radical (unpaired) electrons. The van der Waals surface area contributed by atoms with Crippen molar-refractivity contribution in [1.82, 2.24) is 4.90 Å². The normalized spacial score (nSPS) is 29.6. The molecule has 0 aromatic heterocycles. The fourth-order valence-corrected chi connectivity index (χ4v) is 4.37. The maximum atomic E-state index is 13.1. The van der Waals surface area contributed by atoms with E-state index in [2.05, 4.69) is 18.7 Å². The van der Waals surface area contributed by atoms with Gasteiger partial charge in [-0.15, -0.1) is 0 Å². The van der Waals surface area contributed by atoms with E-state index in [1.807, 2.05) is 7.05 Å². The van der Waals surface area contributed by atoms with Crippen LogP contribution in [0.2, 0.25) is 0 Å². The minimum Gasteiger partial charge on any atom is -0.342 e. The molecule has 0 saturated heterocycles. The van der Waals surface area contributed by atoms with Crippen LogP contribution in [0.4, 0.5) is 0 Å². The summed E-state index contributed by atoms with van der Waals surface area (Å²) in [5.74, 6) is 1.02. The Labute approximate surface area is 124 Å². The molecular weight excluding hydrogens is 248 g/mol. The van der Waals surface area contributed by atoms with Gasteiger partial charge >= 0.3 is 0 Å². The highest BCUT2D eigenvalue weighted by atomic mass is 16.2. The summed E-state index contributed by atoms with van der Waals surface area (Å²) in [5, 5.41) is 0. The maximum Gasteiger partial charge on any atom is 0.228 e. The Morgan fingerprint density at radius 1 is 1.20 bits per heavy atom. The lowest BCUT2D eigenvalue weighted by molar-refractivity contribution is -0.144. The fraction of sp³-hybridized carbons (Fsp3) is 0.941. The third-order valence-corrected chi connectivity index (χ3v) is 5.42. The van der Waals surface area contributed by atoms with Crippen LogP contribution in [0.25, 0.3) is 0 Å². The van der Waals surface area contributed by atoms with E-state index in [1.54, 1.807) is 0 Å².